The summed E-state index contributed by atoms with van der Waals surface area (Å²) < 4.78 is 30.1. The topological polar surface area (TPSA) is 109 Å². The summed E-state index contributed by atoms with van der Waals surface area (Å²) in [5.74, 6) is 3.21. The van der Waals surface area contributed by atoms with Gasteiger partial charge in [-0.25, -0.2) is 13.4 Å². The Kier molecular flexibility index (Phi) is 11.5. The van der Waals surface area contributed by atoms with Gasteiger partial charge in [0.25, 0.3) is 0 Å². The van der Waals surface area contributed by atoms with E-state index in [2.05, 4.69) is 75.5 Å². The summed E-state index contributed by atoms with van der Waals surface area (Å²) in [6.07, 6.45) is 19.9. The molecule has 5 fully saturated rings. The number of nitrogens with one attached hydrogen (secondary N) is 1. The molecule has 8 rings (SSSR count). The van der Waals surface area contributed by atoms with Crippen molar-refractivity contribution in [2.45, 2.75) is 131 Å². The Balaban J connectivity index is 0.993. The molecule has 0 aromatic carbocycles. The normalized spacial score (nSPS) is 41.3. The molecule has 10 atom stereocenters. The summed E-state index contributed by atoms with van der Waals surface area (Å²) in [5, 5.41) is 15.2. The van der Waals surface area contributed by atoms with E-state index in [1.54, 1.807) is 18.3 Å². The number of carboxylic acids is 1. The zero-order valence-electron chi connectivity index (χ0n) is 36.9. The van der Waals surface area contributed by atoms with Gasteiger partial charge in [-0.1, -0.05) is 70.5 Å². The average Bonchev–Trinajstić information content (AvgIpc) is 3.57. The van der Waals surface area contributed by atoms with Crippen molar-refractivity contribution in [3.63, 3.8) is 0 Å². The molecule has 1 unspecified atom stereocenters. The van der Waals surface area contributed by atoms with E-state index in [4.69, 9.17) is 16.3 Å². The maximum absolute atomic E-state index is 12.8. The van der Waals surface area contributed by atoms with E-state index >= 15 is 0 Å². The maximum Gasteiger partial charge on any atom is 0.310 e. The number of pyridine rings is 1. The third kappa shape index (κ3) is 7.20. The largest absolute Gasteiger partial charge is 0.481 e. The third-order valence-electron chi connectivity index (χ3n) is 18.9. The van der Waals surface area contributed by atoms with E-state index in [1.807, 2.05) is 0 Å². The fourth-order valence-corrected chi connectivity index (χ4v) is 17.0. The SMILES string of the molecule is C=C(C)[C@@H]1CC[C@]2(NCCN3CCS(=O)(=O)CC3)CC[C@]3(C)[C@H](CC[C@@H]4[C@@]5(C)CC=C(C6=CCC(CCOc7ncccc7Cl)(C(=O)O)CC6)C(C)(C)[C@@H]5CC[C@]43C)[C@@H]12. The van der Waals surface area contributed by atoms with Gasteiger partial charge in [0, 0.05) is 37.9 Å². The molecule has 0 spiro atoms. The van der Waals surface area contributed by atoms with Crippen molar-refractivity contribution in [2.75, 3.05) is 44.3 Å². The predicted octanol–water partition coefficient (Wildman–Crippen LogP) is 9.95. The van der Waals surface area contributed by atoms with Gasteiger partial charge in [-0.15, -0.1) is 0 Å². The summed E-state index contributed by atoms with van der Waals surface area (Å²) in [6.45, 7) is 23.4. The van der Waals surface area contributed by atoms with Crippen LogP contribution in [0.25, 0.3) is 0 Å². The minimum absolute atomic E-state index is 0.000656. The minimum Gasteiger partial charge on any atom is -0.481 e. The van der Waals surface area contributed by atoms with E-state index in [0.717, 1.165) is 25.9 Å². The molecule has 6 aliphatic carbocycles. The van der Waals surface area contributed by atoms with E-state index in [1.165, 1.54) is 68.1 Å². The van der Waals surface area contributed by atoms with Crippen LogP contribution in [0, 0.1) is 56.7 Å². The molecule has 2 heterocycles. The highest BCUT2D eigenvalue weighted by atomic mass is 35.5. The van der Waals surface area contributed by atoms with Crippen molar-refractivity contribution in [1.29, 1.82) is 0 Å². The minimum atomic E-state index is -2.88. The number of nitrogens with zero attached hydrogens (tertiary/aromatic N) is 2. The number of halogens is 1. The quantitative estimate of drug-likeness (QED) is 0.212. The number of carbonyl (C=O) groups is 1. The highest BCUT2D eigenvalue weighted by Crippen LogP contribution is 2.76. The molecule has 4 saturated carbocycles. The fourth-order valence-electron chi connectivity index (χ4n) is 15.5. The van der Waals surface area contributed by atoms with E-state index in [0.29, 0.717) is 84.3 Å². The molecule has 1 aliphatic heterocycles. The summed E-state index contributed by atoms with van der Waals surface area (Å²) in [4.78, 5) is 19.4. The zero-order valence-corrected chi connectivity index (χ0v) is 38.5. The molecular weight excluding hydrogens is 778 g/mol. The van der Waals surface area contributed by atoms with Gasteiger partial charge in [-0.2, -0.15) is 0 Å². The van der Waals surface area contributed by atoms with Gasteiger partial charge >= 0.3 is 5.97 Å². The van der Waals surface area contributed by atoms with Crippen LogP contribution in [-0.2, 0) is 14.6 Å². The second kappa shape index (κ2) is 15.6. The smallest absolute Gasteiger partial charge is 0.310 e. The van der Waals surface area contributed by atoms with Gasteiger partial charge in [0.05, 0.1) is 23.5 Å². The van der Waals surface area contributed by atoms with Crippen LogP contribution in [0.15, 0.2) is 53.8 Å². The zero-order chi connectivity index (χ0) is 42.2. The van der Waals surface area contributed by atoms with Crippen molar-refractivity contribution < 1.29 is 23.1 Å². The number of allylic oxidation sites excluding steroid dienone is 5. The van der Waals surface area contributed by atoms with Gasteiger partial charge in [0.2, 0.25) is 5.88 Å². The Morgan fingerprint density at radius 1 is 0.983 bits per heavy atom. The van der Waals surface area contributed by atoms with Gasteiger partial charge in [-0.05, 0) is 165 Å². The molecule has 2 N–H and O–H groups in total. The second-order valence-corrected chi connectivity index (χ2v) is 24.4. The molecule has 7 aliphatic rings. The predicted molar refractivity (Wildman–Crippen MR) is 237 cm³/mol. The molecule has 0 bridgehead atoms. The van der Waals surface area contributed by atoms with Crippen LogP contribution in [-0.4, -0.2) is 79.2 Å². The standard InChI is InChI=1S/C49H72ClN3O5S/c1-33(2)35-14-21-49(52-26-27-53-28-31-59(56,57)32-29-53)23-22-46(6)37(41(35)49)10-11-40-45(5)17-15-36(44(3,4)39(45)16-18-47(40,46)7)34-12-19-48(20-13-34,43(54)55)24-30-58-42-38(50)9-8-25-51-42/h8-9,12,15,25,35,37,39-41,52H,1,10-11,13-14,16-24,26-32H2,2-7H3,(H,54,55)/t35-,37+,39-,40+,41+,45-,46+,47+,48?,49-/m0/s1. The van der Waals surface area contributed by atoms with Crippen molar-refractivity contribution >= 4 is 27.4 Å². The van der Waals surface area contributed by atoms with Crippen LogP contribution < -0.4 is 10.1 Å². The first-order valence-corrected chi connectivity index (χ1v) is 25.2. The third-order valence-corrected chi connectivity index (χ3v) is 20.8. The number of rotatable bonds is 11. The Morgan fingerprint density at radius 3 is 2.42 bits per heavy atom. The number of hydrogen-bond acceptors (Lipinski definition) is 7. The molecule has 0 radical (unpaired) electrons. The van der Waals surface area contributed by atoms with Crippen LogP contribution in [0.2, 0.25) is 5.02 Å². The first kappa shape index (κ1) is 43.4. The number of fused-ring (bicyclic) bond motifs is 7. The van der Waals surface area contributed by atoms with Crippen molar-refractivity contribution in [2.24, 2.45) is 56.7 Å². The highest BCUT2D eigenvalue weighted by molar-refractivity contribution is 7.91. The van der Waals surface area contributed by atoms with Gasteiger partial charge in [-0.3, -0.25) is 4.79 Å². The molecule has 1 aromatic rings. The molecule has 326 valence electrons. The number of sulfone groups is 1. The van der Waals surface area contributed by atoms with E-state index in [-0.39, 0.29) is 33.8 Å². The second-order valence-electron chi connectivity index (χ2n) is 21.7. The van der Waals surface area contributed by atoms with Gasteiger partial charge < -0.3 is 20.1 Å². The van der Waals surface area contributed by atoms with Crippen LogP contribution in [0.1, 0.15) is 125 Å². The van der Waals surface area contributed by atoms with Gasteiger partial charge in [0.15, 0.2) is 9.84 Å². The van der Waals surface area contributed by atoms with Gasteiger partial charge in [0.1, 0.15) is 5.02 Å². The lowest BCUT2D eigenvalue weighted by molar-refractivity contribution is -0.221. The molecule has 10 heteroatoms. The number of ether oxygens (including phenoxy) is 1. The van der Waals surface area contributed by atoms with E-state index in [9.17, 15) is 18.3 Å². The number of aromatic nitrogens is 1. The molecule has 0 amide bonds. The average molecular weight is 851 g/mol. The van der Waals surface area contributed by atoms with Crippen LogP contribution in [0.3, 0.4) is 0 Å². The van der Waals surface area contributed by atoms with Crippen molar-refractivity contribution in [1.82, 2.24) is 15.2 Å². The molecule has 59 heavy (non-hydrogen) atoms. The first-order chi connectivity index (χ1) is 27.8. The fraction of sp³-hybridized carbons (Fsp3) is 0.755. The summed E-state index contributed by atoms with van der Waals surface area (Å²) in [7, 11) is -2.88. The Bertz CT molecular complexity index is 1980. The van der Waals surface area contributed by atoms with E-state index < -0.39 is 21.2 Å². The highest BCUT2D eigenvalue weighted by Gasteiger charge is 2.70. The molecular formula is C49H72ClN3O5S. The Hall–Kier alpha value is -2.20. The summed E-state index contributed by atoms with van der Waals surface area (Å²) in [6, 6.07) is 3.50. The number of hydrogen-bond donors (Lipinski definition) is 2. The van der Waals surface area contributed by atoms with Crippen molar-refractivity contribution in [3.05, 3.63) is 58.8 Å². The lowest BCUT2D eigenvalue weighted by Gasteiger charge is -2.72. The lowest BCUT2D eigenvalue weighted by Crippen LogP contribution is -2.68. The lowest BCUT2D eigenvalue weighted by atomic mass is 9.33. The summed E-state index contributed by atoms with van der Waals surface area (Å²) >= 11 is 6.26. The number of carboxylic acid groups (broad SMARTS) is 1. The molecule has 8 nitrogen and oxygen atoms in total. The Morgan fingerprint density at radius 2 is 1.75 bits per heavy atom. The molecule has 1 saturated heterocycles. The Labute approximate surface area is 360 Å². The van der Waals surface area contributed by atoms with Crippen LogP contribution in [0.5, 0.6) is 5.88 Å². The molecule has 1 aromatic heterocycles. The van der Waals surface area contributed by atoms with Crippen molar-refractivity contribution in [3.8, 4) is 5.88 Å². The monoisotopic (exact) mass is 849 g/mol. The van der Waals surface area contributed by atoms with Crippen LogP contribution >= 0.6 is 11.6 Å². The maximum atomic E-state index is 12.8. The summed E-state index contributed by atoms with van der Waals surface area (Å²) in [5.41, 5.74) is 4.18. The first-order valence-electron chi connectivity index (χ1n) is 23.0. The van der Waals surface area contributed by atoms with Crippen LogP contribution in [0.4, 0.5) is 0 Å². The number of aliphatic carboxylic acids is 1.